The summed E-state index contributed by atoms with van der Waals surface area (Å²) in [7, 11) is 1.88. The maximum Gasteiger partial charge on any atom is 0.322 e. The van der Waals surface area contributed by atoms with E-state index in [2.05, 4.69) is 26.3 Å². The van der Waals surface area contributed by atoms with Crippen molar-refractivity contribution in [3.8, 4) is 0 Å². The van der Waals surface area contributed by atoms with Crippen LogP contribution in [0, 0.1) is 11.8 Å². The molecule has 0 bridgehead atoms. The summed E-state index contributed by atoms with van der Waals surface area (Å²) in [6.45, 7) is 7.23. The summed E-state index contributed by atoms with van der Waals surface area (Å²) in [4.78, 5) is 92.5. The number of piperidine rings is 1. The highest BCUT2D eigenvalue weighted by Crippen LogP contribution is 2.19. The molecule has 250 valence electrons. The van der Waals surface area contributed by atoms with Crippen molar-refractivity contribution in [1.82, 2.24) is 31.2 Å². The predicted molar refractivity (Wildman–Crippen MR) is 163 cm³/mol. The second kappa shape index (κ2) is 17.4. The van der Waals surface area contributed by atoms with Gasteiger partial charge in [-0.2, -0.15) is 0 Å². The van der Waals surface area contributed by atoms with Crippen molar-refractivity contribution >= 4 is 57.9 Å². The second-order valence-electron chi connectivity index (χ2n) is 11.4. The van der Waals surface area contributed by atoms with Gasteiger partial charge in [0.15, 0.2) is 5.13 Å². The molecule has 0 aromatic carbocycles. The van der Waals surface area contributed by atoms with Crippen LogP contribution in [0.1, 0.15) is 70.3 Å². The number of rotatable bonds is 16. The van der Waals surface area contributed by atoms with Crippen LogP contribution in [0.4, 0.5) is 5.13 Å². The number of nitrogens with zero attached hydrogens (tertiary/aromatic N) is 2. The van der Waals surface area contributed by atoms with Gasteiger partial charge in [0.05, 0.1) is 12.5 Å². The van der Waals surface area contributed by atoms with Gasteiger partial charge in [-0.15, -0.1) is 11.3 Å². The quantitative estimate of drug-likeness (QED) is 0.125. The normalized spacial score (nSPS) is 17.7. The minimum atomic E-state index is -1.58. The molecule has 2 rings (SSSR count). The molecule has 1 fully saturated rings. The number of aromatic nitrogens is 1. The van der Waals surface area contributed by atoms with Gasteiger partial charge in [0.1, 0.15) is 30.4 Å². The Hall–Kier alpha value is -4.12. The van der Waals surface area contributed by atoms with Gasteiger partial charge in [-0.25, -0.2) is 4.98 Å². The summed E-state index contributed by atoms with van der Waals surface area (Å²) >= 11 is 0.884. The molecule has 7 N–H and O–H groups in total. The fraction of sp³-hybridized carbons (Fsp3) is 0.643. The van der Waals surface area contributed by atoms with Gasteiger partial charge >= 0.3 is 11.9 Å². The first-order valence-electron chi connectivity index (χ1n) is 14.7. The standard InChI is InChI=1S/C28H43N7O9S/c1-6-15(4)22(33-25(42)18-9-7-8-10-35(18)5)27(44)32-21(14(2)3)26(43)34-28-31-17(13-45-28)24(41)30-16(11-19(36)37)23(40)29-12-20(38)39/h13-16,18,21-22H,6-12H2,1-5H3,(H,29,40)(H,30,41)(H,32,44)(H,33,42)(H,36,37)(H,38,39)(H,31,34,43)/t15?,16-,18?,21-,22-/m0/s1. The van der Waals surface area contributed by atoms with Crippen LogP contribution in [-0.2, 0) is 28.8 Å². The molecule has 0 spiro atoms. The predicted octanol–water partition coefficient (Wildman–Crippen LogP) is 0.0115. The van der Waals surface area contributed by atoms with Crippen LogP contribution < -0.4 is 26.6 Å². The summed E-state index contributed by atoms with van der Waals surface area (Å²) in [5.41, 5.74) is -0.228. The molecule has 1 aliphatic rings. The maximum atomic E-state index is 13.4. The van der Waals surface area contributed by atoms with Crippen molar-refractivity contribution in [3.63, 3.8) is 0 Å². The average molecular weight is 654 g/mol. The smallest absolute Gasteiger partial charge is 0.322 e. The summed E-state index contributed by atoms with van der Waals surface area (Å²) in [5, 5.41) is 31.5. The molecule has 2 unspecified atom stereocenters. The number of nitrogens with one attached hydrogen (secondary N) is 5. The molecule has 2 heterocycles. The first-order valence-corrected chi connectivity index (χ1v) is 15.6. The van der Waals surface area contributed by atoms with E-state index in [0.29, 0.717) is 12.8 Å². The molecular weight excluding hydrogens is 610 g/mol. The SMILES string of the molecule is CCC(C)[C@H](NC(=O)C1CCCCN1C)C(=O)N[C@H](C(=O)Nc1nc(C(=O)N[C@@H](CC(=O)O)C(=O)NCC(=O)O)cs1)C(C)C. The van der Waals surface area contributed by atoms with Crippen LogP contribution in [-0.4, -0.2) is 106 Å². The third kappa shape index (κ3) is 11.4. The molecule has 0 saturated carbocycles. The summed E-state index contributed by atoms with van der Waals surface area (Å²) < 4.78 is 0. The van der Waals surface area contributed by atoms with Crippen LogP contribution in [0.5, 0.6) is 0 Å². The fourth-order valence-corrected chi connectivity index (χ4v) is 5.35. The summed E-state index contributed by atoms with van der Waals surface area (Å²) in [5.74, 6) is -6.63. The molecule has 1 saturated heterocycles. The van der Waals surface area contributed by atoms with Crippen molar-refractivity contribution in [2.75, 3.05) is 25.5 Å². The van der Waals surface area contributed by atoms with E-state index >= 15 is 0 Å². The van der Waals surface area contributed by atoms with Crippen molar-refractivity contribution < 1.29 is 43.8 Å². The number of hydrogen-bond acceptors (Lipinski definition) is 10. The van der Waals surface area contributed by atoms with E-state index < -0.39 is 66.7 Å². The Morgan fingerprint density at radius 1 is 0.956 bits per heavy atom. The fourth-order valence-electron chi connectivity index (χ4n) is 4.66. The van der Waals surface area contributed by atoms with E-state index in [0.717, 1.165) is 30.7 Å². The number of carbonyl (C=O) groups excluding carboxylic acids is 5. The number of carboxylic acid groups (broad SMARTS) is 2. The molecule has 5 atom stereocenters. The Kier molecular flexibility index (Phi) is 14.3. The number of carbonyl (C=O) groups is 7. The number of amides is 5. The van der Waals surface area contributed by atoms with Gasteiger partial charge in [0.25, 0.3) is 5.91 Å². The Bertz CT molecular complexity index is 1250. The van der Waals surface area contributed by atoms with Crippen molar-refractivity contribution in [3.05, 3.63) is 11.1 Å². The Labute approximate surface area is 265 Å². The van der Waals surface area contributed by atoms with Crippen LogP contribution in [0.2, 0.25) is 0 Å². The first-order chi connectivity index (χ1) is 21.1. The topological polar surface area (TPSA) is 236 Å². The third-order valence-electron chi connectivity index (χ3n) is 7.49. The van der Waals surface area contributed by atoms with E-state index in [1.54, 1.807) is 13.8 Å². The number of likely N-dealkylation sites (N-methyl/N-ethyl adjacent to an activating group) is 1. The molecule has 5 amide bonds. The Balaban J connectivity index is 2.10. The molecule has 1 aliphatic heterocycles. The zero-order chi connectivity index (χ0) is 33.8. The molecule has 45 heavy (non-hydrogen) atoms. The number of anilines is 1. The van der Waals surface area contributed by atoms with Crippen LogP contribution >= 0.6 is 11.3 Å². The monoisotopic (exact) mass is 653 g/mol. The average Bonchev–Trinajstić information content (AvgIpc) is 3.44. The van der Waals surface area contributed by atoms with Gasteiger partial charge in [-0.1, -0.05) is 40.5 Å². The van der Waals surface area contributed by atoms with E-state index in [1.807, 2.05) is 31.1 Å². The Morgan fingerprint density at radius 3 is 2.22 bits per heavy atom. The Morgan fingerprint density at radius 2 is 1.64 bits per heavy atom. The van der Waals surface area contributed by atoms with Crippen LogP contribution in [0.3, 0.4) is 0 Å². The lowest BCUT2D eigenvalue weighted by atomic mass is 9.95. The van der Waals surface area contributed by atoms with Gasteiger partial charge in [0.2, 0.25) is 23.6 Å². The lowest BCUT2D eigenvalue weighted by molar-refractivity contribution is -0.140. The lowest BCUT2D eigenvalue weighted by Gasteiger charge is -2.34. The number of hydrogen-bond donors (Lipinski definition) is 7. The summed E-state index contributed by atoms with van der Waals surface area (Å²) in [6.07, 6.45) is 2.42. The van der Waals surface area contributed by atoms with Gasteiger partial charge < -0.3 is 36.8 Å². The molecule has 0 radical (unpaired) electrons. The molecule has 17 heteroatoms. The van der Waals surface area contributed by atoms with E-state index in [4.69, 9.17) is 10.2 Å². The van der Waals surface area contributed by atoms with Gasteiger partial charge in [-0.3, -0.25) is 38.5 Å². The minimum absolute atomic E-state index is 0.00211. The molecule has 0 aliphatic carbocycles. The zero-order valence-electron chi connectivity index (χ0n) is 26.0. The van der Waals surface area contributed by atoms with Gasteiger partial charge in [-0.05, 0) is 38.3 Å². The number of aliphatic carboxylic acids is 2. The van der Waals surface area contributed by atoms with E-state index in [1.165, 1.54) is 5.38 Å². The second-order valence-corrected chi connectivity index (χ2v) is 12.2. The van der Waals surface area contributed by atoms with Crippen LogP contribution in [0.25, 0.3) is 0 Å². The highest BCUT2D eigenvalue weighted by molar-refractivity contribution is 7.14. The number of likely N-dealkylation sites (tertiary alicyclic amines) is 1. The highest BCUT2D eigenvalue weighted by atomic mass is 32.1. The lowest BCUT2D eigenvalue weighted by Crippen LogP contribution is -2.59. The number of carboxylic acids is 2. The molecular formula is C28H43N7O9S. The molecule has 1 aromatic heterocycles. The van der Waals surface area contributed by atoms with E-state index in [9.17, 15) is 33.6 Å². The minimum Gasteiger partial charge on any atom is -0.481 e. The first kappa shape index (κ1) is 37.1. The molecule has 16 nitrogen and oxygen atoms in total. The van der Waals surface area contributed by atoms with E-state index in [-0.39, 0.29) is 34.6 Å². The zero-order valence-corrected chi connectivity index (χ0v) is 26.9. The van der Waals surface area contributed by atoms with Crippen LogP contribution in [0.15, 0.2) is 5.38 Å². The maximum absolute atomic E-state index is 13.4. The van der Waals surface area contributed by atoms with Crippen molar-refractivity contribution in [1.29, 1.82) is 0 Å². The largest absolute Gasteiger partial charge is 0.481 e. The number of thiazole rings is 1. The summed E-state index contributed by atoms with van der Waals surface area (Å²) in [6, 6.07) is -3.80. The molecule has 1 aromatic rings. The highest BCUT2D eigenvalue weighted by Gasteiger charge is 2.34. The van der Waals surface area contributed by atoms with Crippen molar-refractivity contribution in [2.24, 2.45) is 11.8 Å². The third-order valence-corrected chi connectivity index (χ3v) is 8.25. The van der Waals surface area contributed by atoms with Gasteiger partial charge in [0, 0.05) is 5.38 Å². The van der Waals surface area contributed by atoms with Crippen molar-refractivity contribution in [2.45, 2.75) is 84.0 Å².